The number of aromatic amines is 1. The van der Waals surface area contributed by atoms with Gasteiger partial charge in [0.25, 0.3) is 0 Å². The van der Waals surface area contributed by atoms with Gasteiger partial charge in [0.05, 0.1) is 12.2 Å². The predicted molar refractivity (Wildman–Crippen MR) is 74.5 cm³/mol. The molecule has 0 spiro atoms. The van der Waals surface area contributed by atoms with E-state index in [0.29, 0.717) is 11.4 Å². The van der Waals surface area contributed by atoms with Crippen molar-refractivity contribution in [3.8, 4) is 0 Å². The maximum absolute atomic E-state index is 12.3. The van der Waals surface area contributed by atoms with E-state index in [4.69, 9.17) is 5.11 Å². The first kappa shape index (κ1) is 15.3. The van der Waals surface area contributed by atoms with Crippen molar-refractivity contribution in [1.29, 1.82) is 0 Å². The monoisotopic (exact) mass is 312 g/mol. The van der Waals surface area contributed by atoms with Crippen molar-refractivity contribution in [3.05, 3.63) is 34.9 Å². The first-order valence-electron chi connectivity index (χ1n) is 6.13. The number of aromatic nitrogens is 3. The summed E-state index contributed by atoms with van der Waals surface area (Å²) in [7, 11) is -2.08. The molecule has 0 unspecified atom stereocenters. The summed E-state index contributed by atoms with van der Waals surface area (Å²) in [6, 6.07) is 1.70. The molecular weight excluding hydrogens is 296 g/mol. The highest BCUT2D eigenvalue weighted by Crippen LogP contribution is 2.23. The normalized spacial score (nSPS) is 11.8. The van der Waals surface area contributed by atoms with Crippen LogP contribution in [0.25, 0.3) is 0 Å². The zero-order valence-corrected chi connectivity index (χ0v) is 12.7. The van der Waals surface area contributed by atoms with Gasteiger partial charge < -0.3 is 10.1 Å². The largest absolute Gasteiger partial charge is 0.477 e. The molecular formula is C12H16N4O4S. The minimum atomic E-state index is -3.82. The number of hydrogen-bond donors (Lipinski definition) is 3. The topological polar surface area (TPSA) is 117 Å². The van der Waals surface area contributed by atoms with Crippen LogP contribution < -0.4 is 4.72 Å². The second kappa shape index (κ2) is 5.34. The third-order valence-electron chi connectivity index (χ3n) is 3.06. The van der Waals surface area contributed by atoms with Crippen LogP contribution in [0.4, 0.5) is 0 Å². The quantitative estimate of drug-likeness (QED) is 0.745. The lowest BCUT2D eigenvalue weighted by Crippen LogP contribution is -2.24. The van der Waals surface area contributed by atoms with E-state index < -0.39 is 16.0 Å². The van der Waals surface area contributed by atoms with Crippen molar-refractivity contribution >= 4 is 16.0 Å². The van der Waals surface area contributed by atoms with Crippen LogP contribution in [0, 0.1) is 13.8 Å². The standard InChI is InChI=1S/C12H16N4O4S/c1-7-10(12(17)18)14-8(2)11(7)21(19,20)13-6-9-4-5-16(3)15-9/h4-5,13-14H,6H2,1-3H3,(H,17,18). The fourth-order valence-corrected chi connectivity index (χ4v) is 3.59. The van der Waals surface area contributed by atoms with Crippen molar-refractivity contribution in [1.82, 2.24) is 19.5 Å². The van der Waals surface area contributed by atoms with Crippen molar-refractivity contribution < 1.29 is 18.3 Å². The van der Waals surface area contributed by atoms with Crippen molar-refractivity contribution in [2.75, 3.05) is 0 Å². The third-order valence-corrected chi connectivity index (χ3v) is 4.74. The minimum Gasteiger partial charge on any atom is -0.477 e. The summed E-state index contributed by atoms with van der Waals surface area (Å²) < 4.78 is 28.7. The summed E-state index contributed by atoms with van der Waals surface area (Å²) in [5.41, 5.74) is 0.933. The number of hydrogen-bond acceptors (Lipinski definition) is 4. The number of carboxylic acids is 1. The van der Waals surface area contributed by atoms with Gasteiger partial charge in [-0.3, -0.25) is 4.68 Å². The van der Waals surface area contributed by atoms with Crippen LogP contribution in [0.2, 0.25) is 0 Å². The van der Waals surface area contributed by atoms with Crippen molar-refractivity contribution in [3.63, 3.8) is 0 Å². The fourth-order valence-electron chi connectivity index (χ4n) is 2.15. The molecule has 0 saturated heterocycles. The summed E-state index contributed by atoms with van der Waals surface area (Å²) in [6.07, 6.45) is 1.71. The Hall–Kier alpha value is -2.13. The van der Waals surface area contributed by atoms with Crippen LogP contribution in [-0.2, 0) is 23.6 Å². The van der Waals surface area contributed by atoms with Crippen LogP contribution in [0.1, 0.15) is 27.4 Å². The van der Waals surface area contributed by atoms with Crippen LogP contribution in [0.5, 0.6) is 0 Å². The maximum atomic E-state index is 12.3. The van der Waals surface area contributed by atoms with Crippen LogP contribution in [0.3, 0.4) is 0 Å². The zero-order chi connectivity index (χ0) is 15.8. The minimum absolute atomic E-state index is 0.0316. The number of carboxylic acid groups (broad SMARTS) is 1. The van der Waals surface area contributed by atoms with Gasteiger partial charge in [-0.05, 0) is 19.9 Å². The molecule has 21 heavy (non-hydrogen) atoms. The Morgan fingerprint density at radius 1 is 1.48 bits per heavy atom. The van der Waals surface area contributed by atoms with Crippen molar-refractivity contribution in [2.45, 2.75) is 25.3 Å². The molecule has 8 nitrogen and oxygen atoms in total. The number of rotatable bonds is 5. The highest BCUT2D eigenvalue weighted by atomic mass is 32.2. The molecule has 114 valence electrons. The Labute approximate surface area is 121 Å². The van der Waals surface area contributed by atoms with Crippen molar-refractivity contribution in [2.24, 2.45) is 7.05 Å². The van der Waals surface area contributed by atoms with Gasteiger partial charge in [-0.15, -0.1) is 0 Å². The molecule has 0 saturated carbocycles. The Balaban J connectivity index is 2.29. The molecule has 9 heteroatoms. The summed E-state index contributed by atoms with van der Waals surface area (Å²) >= 11 is 0. The van der Waals surface area contributed by atoms with E-state index in [0.717, 1.165) is 0 Å². The highest BCUT2D eigenvalue weighted by molar-refractivity contribution is 7.89. The van der Waals surface area contributed by atoms with E-state index in [2.05, 4.69) is 14.8 Å². The average molecular weight is 312 g/mol. The van der Waals surface area contributed by atoms with Gasteiger partial charge in [0.2, 0.25) is 10.0 Å². The Morgan fingerprint density at radius 3 is 2.62 bits per heavy atom. The summed E-state index contributed by atoms with van der Waals surface area (Å²) in [6.45, 7) is 3.02. The number of nitrogens with zero attached hydrogens (tertiary/aromatic N) is 2. The maximum Gasteiger partial charge on any atom is 0.352 e. The highest BCUT2D eigenvalue weighted by Gasteiger charge is 2.26. The Morgan fingerprint density at radius 2 is 2.14 bits per heavy atom. The van der Waals surface area contributed by atoms with Gasteiger partial charge in [0.1, 0.15) is 10.6 Å². The van der Waals surface area contributed by atoms with Gasteiger partial charge in [0.15, 0.2) is 0 Å². The molecule has 0 bridgehead atoms. The van der Waals surface area contributed by atoms with E-state index in [-0.39, 0.29) is 22.7 Å². The molecule has 0 aliphatic carbocycles. The number of aromatic carboxylic acids is 1. The molecule has 3 N–H and O–H groups in total. The Kier molecular flexibility index (Phi) is 3.88. The molecule has 0 aliphatic rings. The van der Waals surface area contributed by atoms with Gasteiger partial charge in [0, 0.05) is 24.5 Å². The van der Waals surface area contributed by atoms with Crippen LogP contribution >= 0.6 is 0 Å². The van der Waals surface area contributed by atoms with E-state index >= 15 is 0 Å². The Bertz CT molecular complexity index is 788. The molecule has 0 radical (unpaired) electrons. The lowest BCUT2D eigenvalue weighted by atomic mass is 10.2. The van der Waals surface area contributed by atoms with E-state index in [9.17, 15) is 13.2 Å². The molecule has 0 atom stereocenters. The fraction of sp³-hybridized carbons (Fsp3) is 0.333. The predicted octanol–water partition coefficient (Wildman–Crippen LogP) is 0.542. The SMILES string of the molecule is Cc1[nH]c(C(=O)O)c(C)c1S(=O)(=O)NCc1ccn(C)n1. The first-order valence-corrected chi connectivity index (χ1v) is 7.61. The van der Waals surface area contributed by atoms with Gasteiger partial charge >= 0.3 is 5.97 Å². The summed E-state index contributed by atoms with van der Waals surface area (Å²) in [4.78, 5) is 13.6. The average Bonchev–Trinajstić information content (AvgIpc) is 2.91. The molecule has 2 aromatic rings. The number of nitrogens with one attached hydrogen (secondary N) is 2. The molecule has 2 heterocycles. The lowest BCUT2D eigenvalue weighted by Gasteiger charge is -2.06. The molecule has 0 aliphatic heterocycles. The van der Waals surface area contributed by atoms with E-state index in [1.165, 1.54) is 13.8 Å². The zero-order valence-electron chi connectivity index (χ0n) is 11.8. The van der Waals surface area contributed by atoms with Crippen LogP contribution in [-0.4, -0.2) is 34.3 Å². The van der Waals surface area contributed by atoms with Gasteiger partial charge in [-0.25, -0.2) is 17.9 Å². The van der Waals surface area contributed by atoms with Crippen LogP contribution in [0.15, 0.2) is 17.2 Å². The number of sulfonamides is 1. The molecule has 2 aromatic heterocycles. The third kappa shape index (κ3) is 2.98. The number of carbonyl (C=O) groups is 1. The molecule has 0 aromatic carbocycles. The smallest absolute Gasteiger partial charge is 0.352 e. The second-order valence-electron chi connectivity index (χ2n) is 4.69. The summed E-state index contributed by atoms with van der Waals surface area (Å²) in [5.74, 6) is -1.19. The van der Waals surface area contributed by atoms with E-state index in [1.54, 1.807) is 24.0 Å². The lowest BCUT2D eigenvalue weighted by molar-refractivity contribution is 0.0690. The number of H-pyrrole nitrogens is 1. The molecule has 0 fully saturated rings. The second-order valence-corrected chi connectivity index (χ2v) is 6.39. The number of aryl methyl sites for hydroxylation is 2. The first-order chi connectivity index (χ1) is 9.72. The van der Waals surface area contributed by atoms with Gasteiger partial charge in [-0.2, -0.15) is 5.10 Å². The molecule has 2 rings (SSSR count). The molecule has 0 amide bonds. The van der Waals surface area contributed by atoms with E-state index in [1.807, 2.05) is 0 Å². The summed E-state index contributed by atoms with van der Waals surface area (Å²) in [5, 5.41) is 13.1. The van der Waals surface area contributed by atoms with Gasteiger partial charge in [-0.1, -0.05) is 0 Å².